The van der Waals surface area contributed by atoms with E-state index in [1.807, 2.05) is 13.8 Å². The van der Waals surface area contributed by atoms with E-state index in [9.17, 15) is 14.0 Å². The Kier molecular flexibility index (Phi) is 5.97. The van der Waals surface area contributed by atoms with Gasteiger partial charge in [0.15, 0.2) is 5.65 Å². The average molecular weight is 427 g/mol. The molecule has 0 fully saturated rings. The summed E-state index contributed by atoms with van der Waals surface area (Å²) in [6, 6.07) is 5.48. The normalized spacial score (nSPS) is 11.6. The van der Waals surface area contributed by atoms with Crippen molar-refractivity contribution in [2.45, 2.75) is 53.2 Å². The highest BCUT2D eigenvalue weighted by Gasteiger charge is 2.20. The van der Waals surface area contributed by atoms with Gasteiger partial charge in [-0.2, -0.15) is 5.10 Å². The monoisotopic (exact) mass is 427 g/mol. The molecule has 164 valence electrons. The number of nitrogens with one attached hydrogen (secondary N) is 2. The lowest BCUT2D eigenvalue weighted by molar-refractivity contribution is 0.0635. The van der Waals surface area contributed by atoms with Gasteiger partial charge < -0.3 is 10.1 Å². The Morgan fingerprint density at radius 1 is 1.13 bits per heavy atom. The van der Waals surface area contributed by atoms with E-state index >= 15 is 0 Å². The topological polar surface area (TPSA) is 98.1 Å². The smallest absolute Gasteiger partial charge is 0.412 e. The van der Waals surface area contributed by atoms with Crippen LogP contribution >= 0.6 is 0 Å². The lowest BCUT2D eigenvalue weighted by atomic mass is 10.1. The van der Waals surface area contributed by atoms with Gasteiger partial charge in [-0.3, -0.25) is 10.1 Å². The molecule has 8 nitrogen and oxygen atoms in total. The van der Waals surface area contributed by atoms with Gasteiger partial charge in [-0.25, -0.2) is 18.9 Å². The number of ether oxygens (including phenoxy) is 1. The molecule has 1 aromatic carbocycles. The van der Waals surface area contributed by atoms with E-state index in [4.69, 9.17) is 4.74 Å². The Morgan fingerprint density at radius 3 is 2.48 bits per heavy atom. The standard InChI is InChI=1S/C22H26FN5O3/c1-12(2)28-19-14(11-24-28)9-16(13(3)25-19)20(29)26-18-10-15(23)7-8-17(18)27-21(30)31-22(4,5)6/h7-12H,1-6H3,(H,26,29)(H,27,30). The molecule has 0 aliphatic heterocycles. The van der Waals surface area contributed by atoms with Crippen molar-refractivity contribution < 1.29 is 18.7 Å². The van der Waals surface area contributed by atoms with E-state index in [2.05, 4.69) is 20.7 Å². The molecular formula is C22H26FN5O3. The van der Waals surface area contributed by atoms with E-state index in [0.717, 1.165) is 11.5 Å². The first-order valence-corrected chi connectivity index (χ1v) is 9.90. The van der Waals surface area contributed by atoms with Crippen molar-refractivity contribution in [3.8, 4) is 0 Å². The van der Waals surface area contributed by atoms with Crippen LogP contribution in [-0.2, 0) is 4.74 Å². The van der Waals surface area contributed by atoms with Gasteiger partial charge in [0.05, 0.1) is 28.8 Å². The van der Waals surface area contributed by atoms with Gasteiger partial charge in [-0.05, 0) is 65.8 Å². The number of pyridine rings is 1. The van der Waals surface area contributed by atoms with Gasteiger partial charge in [-0.1, -0.05) is 0 Å². The summed E-state index contributed by atoms with van der Waals surface area (Å²) in [4.78, 5) is 29.6. The molecule has 0 bridgehead atoms. The Morgan fingerprint density at radius 2 is 1.84 bits per heavy atom. The molecule has 0 saturated heterocycles. The van der Waals surface area contributed by atoms with Gasteiger partial charge in [0, 0.05) is 11.4 Å². The Balaban J connectivity index is 1.89. The number of fused-ring (bicyclic) bond motifs is 1. The van der Waals surface area contributed by atoms with Crippen molar-refractivity contribution in [2.24, 2.45) is 0 Å². The maximum Gasteiger partial charge on any atom is 0.412 e. The summed E-state index contributed by atoms with van der Waals surface area (Å²) in [7, 11) is 0. The number of carbonyl (C=O) groups is 2. The third-order valence-corrected chi connectivity index (χ3v) is 4.36. The minimum atomic E-state index is -0.713. The molecule has 2 N–H and O–H groups in total. The number of aromatic nitrogens is 3. The first kappa shape index (κ1) is 22.2. The highest BCUT2D eigenvalue weighted by Crippen LogP contribution is 2.26. The fraction of sp³-hybridized carbons (Fsp3) is 0.364. The van der Waals surface area contributed by atoms with E-state index in [1.54, 1.807) is 44.6 Å². The second-order valence-electron chi connectivity index (χ2n) is 8.49. The number of halogens is 1. The number of benzene rings is 1. The van der Waals surface area contributed by atoms with Crippen molar-refractivity contribution in [3.05, 3.63) is 47.5 Å². The number of hydrogen-bond donors (Lipinski definition) is 2. The first-order chi connectivity index (χ1) is 14.4. The average Bonchev–Trinajstić information content (AvgIpc) is 3.04. The molecule has 0 aliphatic carbocycles. The molecule has 0 atom stereocenters. The number of nitrogens with zero attached hydrogens (tertiary/aromatic N) is 3. The van der Waals surface area contributed by atoms with Crippen molar-refractivity contribution in [1.82, 2.24) is 14.8 Å². The Labute approximate surface area is 179 Å². The van der Waals surface area contributed by atoms with Crippen LogP contribution in [0.3, 0.4) is 0 Å². The molecule has 0 unspecified atom stereocenters. The van der Waals surface area contributed by atoms with Crippen LogP contribution in [0.25, 0.3) is 11.0 Å². The van der Waals surface area contributed by atoms with Crippen molar-refractivity contribution in [1.29, 1.82) is 0 Å². The number of amides is 2. The molecule has 2 aromatic heterocycles. The third-order valence-electron chi connectivity index (χ3n) is 4.36. The molecule has 2 heterocycles. The number of rotatable bonds is 4. The third kappa shape index (κ3) is 5.17. The number of hydrogen-bond acceptors (Lipinski definition) is 5. The molecule has 3 aromatic rings. The SMILES string of the molecule is Cc1nc2c(cnn2C(C)C)cc1C(=O)Nc1cc(F)ccc1NC(=O)OC(C)(C)C. The summed E-state index contributed by atoms with van der Waals surface area (Å²) < 4.78 is 20.9. The van der Waals surface area contributed by atoms with Gasteiger partial charge in [0.25, 0.3) is 5.91 Å². The summed E-state index contributed by atoms with van der Waals surface area (Å²) in [5, 5.41) is 10.2. The van der Waals surface area contributed by atoms with E-state index in [0.29, 0.717) is 16.9 Å². The van der Waals surface area contributed by atoms with E-state index < -0.39 is 23.4 Å². The highest BCUT2D eigenvalue weighted by molar-refractivity contribution is 6.08. The fourth-order valence-corrected chi connectivity index (χ4v) is 3.01. The number of carbonyl (C=O) groups excluding carboxylic acids is 2. The van der Waals surface area contributed by atoms with Crippen molar-refractivity contribution in [3.63, 3.8) is 0 Å². The zero-order chi connectivity index (χ0) is 22.9. The maximum atomic E-state index is 13.9. The van der Waals surface area contributed by atoms with Gasteiger partial charge >= 0.3 is 6.09 Å². The van der Waals surface area contributed by atoms with E-state index in [1.165, 1.54) is 12.1 Å². The largest absolute Gasteiger partial charge is 0.444 e. The molecule has 2 amide bonds. The Hall–Kier alpha value is -3.49. The van der Waals surface area contributed by atoms with E-state index in [-0.39, 0.29) is 17.4 Å². The van der Waals surface area contributed by atoms with Gasteiger partial charge in [0.1, 0.15) is 11.4 Å². The summed E-state index contributed by atoms with van der Waals surface area (Å²) in [6.45, 7) is 10.9. The van der Waals surface area contributed by atoms with Crippen LogP contribution < -0.4 is 10.6 Å². The second kappa shape index (κ2) is 8.33. The van der Waals surface area contributed by atoms with Gasteiger partial charge in [-0.15, -0.1) is 0 Å². The zero-order valence-corrected chi connectivity index (χ0v) is 18.4. The van der Waals surface area contributed by atoms with Crippen LogP contribution in [-0.4, -0.2) is 32.4 Å². The molecule has 0 saturated carbocycles. The van der Waals surface area contributed by atoms with Crippen molar-refractivity contribution >= 4 is 34.4 Å². The van der Waals surface area contributed by atoms with Gasteiger partial charge in [0.2, 0.25) is 0 Å². The highest BCUT2D eigenvalue weighted by atomic mass is 19.1. The first-order valence-electron chi connectivity index (χ1n) is 9.90. The lowest BCUT2D eigenvalue weighted by Gasteiger charge is -2.20. The Bertz CT molecular complexity index is 1150. The quantitative estimate of drug-likeness (QED) is 0.606. The maximum absolute atomic E-state index is 13.9. The summed E-state index contributed by atoms with van der Waals surface area (Å²) in [5.74, 6) is -1.05. The van der Waals surface area contributed by atoms with Crippen LogP contribution in [0.2, 0.25) is 0 Å². The fourth-order valence-electron chi connectivity index (χ4n) is 3.01. The predicted octanol–water partition coefficient (Wildman–Crippen LogP) is 5.06. The molecule has 9 heteroatoms. The molecular weight excluding hydrogens is 401 g/mol. The zero-order valence-electron chi connectivity index (χ0n) is 18.4. The molecule has 0 radical (unpaired) electrons. The molecule has 0 aliphatic rings. The van der Waals surface area contributed by atoms with Crippen LogP contribution in [0.5, 0.6) is 0 Å². The number of aryl methyl sites for hydroxylation is 1. The minimum absolute atomic E-state index is 0.105. The minimum Gasteiger partial charge on any atom is -0.444 e. The molecule has 3 rings (SSSR count). The van der Waals surface area contributed by atoms with Crippen molar-refractivity contribution in [2.75, 3.05) is 10.6 Å². The molecule has 0 spiro atoms. The summed E-state index contributed by atoms with van der Waals surface area (Å²) in [5.41, 5.74) is 1.12. The lowest BCUT2D eigenvalue weighted by Crippen LogP contribution is -2.27. The predicted molar refractivity (Wildman–Crippen MR) is 117 cm³/mol. The summed E-state index contributed by atoms with van der Waals surface area (Å²) in [6.07, 6.45) is 0.936. The number of anilines is 2. The van der Waals surface area contributed by atoms with Crippen LogP contribution in [0.15, 0.2) is 30.5 Å². The second-order valence-corrected chi connectivity index (χ2v) is 8.49. The van der Waals surface area contributed by atoms with Crippen LogP contribution in [0.1, 0.15) is 56.7 Å². The molecule has 31 heavy (non-hydrogen) atoms. The van der Waals surface area contributed by atoms with Crippen LogP contribution in [0, 0.1) is 12.7 Å². The summed E-state index contributed by atoms with van der Waals surface area (Å²) >= 11 is 0. The van der Waals surface area contributed by atoms with Crippen LogP contribution in [0.4, 0.5) is 20.6 Å².